The Labute approximate surface area is 213 Å². The zero-order valence-electron chi connectivity index (χ0n) is 18.1. The van der Waals surface area contributed by atoms with E-state index in [2.05, 4.69) is 0 Å². The van der Waals surface area contributed by atoms with Gasteiger partial charge >= 0.3 is 0 Å². The number of rotatable bonds is 0. The van der Waals surface area contributed by atoms with E-state index in [0.717, 1.165) is 0 Å². The van der Waals surface area contributed by atoms with Crippen molar-refractivity contribution in [3.05, 3.63) is 104 Å². The largest absolute Gasteiger partial charge is 0.202 e. The Hall–Kier alpha value is -4.28. The average Bonchev–Trinajstić information content (AvgIpc) is 2.94. The van der Waals surface area contributed by atoms with Crippen LogP contribution in [0.4, 0.5) is 65.9 Å². The number of halogens is 15. The molecule has 16 heteroatoms. The van der Waals surface area contributed by atoms with E-state index in [9.17, 15) is 65.9 Å². The molecule has 40 heavy (non-hydrogen) atoms. The Kier molecular flexibility index (Phi) is 8.66. The van der Waals surface area contributed by atoms with E-state index >= 15 is 0 Å². The second kappa shape index (κ2) is 11.4. The van der Waals surface area contributed by atoms with Gasteiger partial charge in [0.05, 0.1) is 0 Å². The predicted molar refractivity (Wildman–Crippen MR) is 106 cm³/mol. The molecule has 0 nitrogen and oxygen atoms in total. The predicted octanol–water partition coefficient (Wildman–Crippen LogP) is 7.58. The van der Waals surface area contributed by atoms with Gasteiger partial charge in [0.15, 0.2) is 69.8 Å². The lowest BCUT2D eigenvalue weighted by molar-refractivity contribution is 0.376. The van der Waals surface area contributed by atoms with Crippen molar-refractivity contribution in [2.45, 2.75) is 0 Å². The van der Waals surface area contributed by atoms with Gasteiger partial charge in [0.1, 0.15) is 24.6 Å². The third-order valence-electron chi connectivity index (χ3n) is 4.51. The van der Waals surface area contributed by atoms with E-state index in [4.69, 9.17) is 0 Å². The summed E-state index contributed by atoms with van der Waals surface area (Å²) < 4.78 is 203. The second-order valence-electron chi connectivity index (χ2n) is 6.88. The molecule has 0 aliphatic heterocycles. The lowest BCUT2D eigenvalue weighted by Gasteiger charge is -2.03. The normalized spacial score (nSPS) is 10.5. The molecule has 0 N–H and O–H groups in total. The van der Waals surface area contributed by atoms with E-state index in [-0.39, 0.29) is 0 Å². The Morgan fingerprint density at radius 1 is 0.250 bits per heavy atom. The van der Waals surface area contributed by atoms with Crippen LogP contribution >= 0.6 is 7.92 Å². The highest BCUT2D eigenvalue weighted by molar-refractivity contribution is 7.72. The van der Waals surface area contributed by atoms with E-state index in [1.54, 1.807) is 17.0 Å². The van der Waals surface area contributed by atoms with Gasteiger partial charge in [0.2, 0.25) is 17.5 Å². The SMILES string of the molecule is Fc1c(F)c(F)c(C#CP(C#Cc2c(F)c(F)c(F)c(F)c2F)C#Cc2c(F)c(F)c(F)c(F)c2F)c(F)c1F. The van der Waals surface area contributed by atoms with Crippen molar-refractivity contribution in [1.82, 2.24) is 0 Å². The minimum absolute atomic E-state index is 1.37. The molecule has 3 aromatic rings. The highest BCUT2D eigenvalue weighted by Gasteiger charge is 2.27. The molecule has 0 aliphatic carbocycles. The van der Waals surface area contributed by atoms with Crippen molar-refractivity contribution in [2.75, 3.05) is 0 Å². The fourth-order valence-corrected chi connectivity index (χ4v) is 3.40. The molecule has 0 unspecified atom stereocenters. The Morgan fingerprint density at radius 3 is 0.575 bits per heavy atom. The third-order valence-corrected chi connectivity index (χ3v) is 5.51. The van der Waals surface area contributed by atoms with Gasteiger partial charge in [0.25, 0.3) is 0 Å². The molecule has 0 aromatic heterocycles. The highest BCUT2D eigenvalue weighted by Crippen LogP contribution is 2.33. The summed E-state index contributed by atoms with van der Waals surface area (Å²) in [5, 5.41) is 0. The maximum Gasteiger partial charge on any atom is 0.200 e. The molecule has 3 aromatic carbocycles. The van der Waals surface area contributed by atoms with Crippen molar-refractivity contribution in [2.24, 2.45) is 0 Å². The molecule has 0 radical (unpaired) electrons. The summed E-state index contributed by atoms with van der Waals surface area (Å²) in [6.45, 7) is 0. The molecule has 206 valence electrons. The van der Waals surface area contributed by atoms with Crippen LogP contribution < -0.4 is 0 Å². The molecule has 0 bridgehead atoms. The first-order valence-corrected chi connectivity index (χ1v) is 10.8. The molecular formula is C24F15P. The summed E-state index contributed by atoms with van der Waals surface area (Å²) in [4.78, 5) is 0. The van der Waals surface area contributed by atoms with Crippen molar-refractivity contribution in [3.8, 4) is 34.7 Å². The summed E-state index contributed by atoms with van der Waals surface area (Å²) in [6.07, 6.45) is 0. The van der Waals surface area contributed by atoms with Gasteiger partial charge in [-0.15, -0.1) is 0 Å². The summed E-state index contributed by atoms with van der Waals surface area (Å²) in [5.41, 5.74) is -0.670. The molecule has 0 heterocycles. The monoisotopic (exact) mass is 604 g/mol. The van der Waals surface area contributed by atoms with Crippen LogP contribution in [0.25, 0.3) is 0 Å². The van der Waals surface area contributed by atoms with Crippen molar-refractivity contribution < 1.29 is 65.9 Å². The number of hydrogen-bond acceptors (Lipinski definition) is 0. The van der Waals surface area contributed by atoms with Crippen LogP contribution in [0.3, 0.4) is 0 Å². The minimum atomic E-state index is -3.19. The van der Waals surface area contributed by atoms with Crippen LogP contribution in [0.15, 0.2) is 0 Å². The molecule has 0 fully saturated rings. The van der Waals surface area contributed by atoms with E-state index < -0.39 is 112 Å². The highest BCUT2D eigenvalue weighted by atomic mass is 31.1. The Morgan fingerprint density at radius 2 is 0.400 bits per heavy atom. The summed E-state index contributed by atoms with van der Waals surface area (Å²) in [6, 6.07) is 0. The quantitative estimate of drug-likeness (QED) is 0.0817. The molecule has 0 spiro atoms. The van der Waals surface area contributed by atoms with Gasteiger partial charge in [-0.25, -0.2) is 65.9 Å². The van der Waals surface area contributed by atoms with Crippen molar-refractivity contribution >= 4 is 7.92 Å². The summed E-state index contributed by atoms with van der Waals surface area (Å²) in [7, 11) is -3.19. The number of benzene rings is 3. The van der Waals surface area contributed by atoms with Crippen LogP contribution in [0, 0.1) is 122 Å². The lowest BCUT2D eigenvalue weighted by Crippen LogP contribution is -2.04. The fraction of sp³-hybridized carbons (Fsp3) is 0. The maximum atomic E-state index is 13.9. The zero-order chi connectivity index (χ0) is 30.2. The van der Waals surface area contributed by atoms with E-state index in [1.807, 2.05) is 0 Å². The van der Waals surface area contributed by atoms with Crippen LogP contribution in [0.2, 0.25) is 0 Å². The molecule has 0 aliphatic rings. The number of hydrogen-bond donors (Lipinski definition) is 0. The van der Waals surface area contributed by atoms with Gasteiger partial charge in [-0.1, -0.05) is 17.8 Å². The molecule has 0 saturated heterocycles. The molecule has 3 rings (SSSR count). The lowest BCUT2D eigenvalue weighted by atomic mass is 10.2. The first-order valence-electron chi connectivity index (χ1n) is 9.51. The van der Waals surface area contributed by atoms with Crippen LogP contribution in [-0.2, 0) is 0 Å². The third kappa shape index (κ3) is 5.28. The van der Waals surface area contributed by atoms with Crippen LogP contribution in [0.1, 0.15) is 16.7 Å². The zero-order valence-corrected chi connectivity index (χ0v) is 19.0. The van der Waals surface area contributed by atoms with Crippen molar-refractivity contribution in [3.63, 3.8) is 0 Å². The van der Waals surface area contributed by atoms with Gasteiger partial charge in [0, 0.05) is 0 Å². The molecule has 0 amide bonds. The fourth-order valence-electron chi connectivity index (χ4n) is 2.56. The molecular weight excluding hydrogens is 604 g/mol. The van der Waals surface area contributed by atoms with Crippen LogP contribution in [0.5, 0.6) is 0 Å². The van der Waals surface area contributed by atoms with Gasteiger partial charge in [-0.2, -0.15) is 0 Å². The van der Waals surface area contributed by atoms with Gasteiger partial charge < -0.3 is 0 Å². The maximum absolute atomic E-state index is 13.9. The van der Waals surface area contributed by atoms with E-state index in [1.165, 1.54) is 17.8 Å². The second-order valence-corrected chi connectivity index (χ2v) is 8.22. The summed E-state index contributed by atoms with van der Waals surface area (Å²) in [5.74, 6) is -33.6. The first kappa shape index (κ1) is 30.3. The minimum Gasteiger partial charge on any atom is -0.202 e. The van der Waals surface area contributed by atoms with Crippen LogP contribution in [-0.4, -0.2) is 0 Å². The van der Waals surface area contributed by atoms with E-state index in [0.29, 0.717) is 0 Å². The Balaban J connectivity index is 2.28. The first-order chi connectivity index (χ1) is 18.6. The Bertz CT molecular complexity index is 1480. The smallest absolute Gasteiger partial charge is 0.200 e. The summed E-state index contributed by atoms with van der Waals surface area (Å²) >= 11 is 0. The topological polar surface area (TPSA) is 0 Å². The molecule has 0 saturated carbocycles. The van der Waals surface area contributed by atoms with Gasteiger partial charge in [-0.3, -0.25) is 0 Å². The van der Waals surface area contributed by atoms with Crippen molar-refractivity contribution in [1.29, 1.82) is 0 Å². The molecule has 0 atom stereocenters. The van der Waals surface area contributed by atoms with Gasteiger partial charge in [-0.05, 0) is 17.0 Å². The standard InChI is InChI=1S/C24F15P/c25-10-7(11(26)17(32)22(37)16(10)31)1-4-40(5-2-8-12(27)18(33)23(38)19(34)13(8)28)6-3-9-14(29)20(35)24(39)21(36)15(9)30. The average molecular weight is 604 g/mol.